The molecule has 0 bridgehead atoms. The normalized spacial score (nSPS) is 12.2. The third-order valence-corrected chi connectivity index (χ3v) is 2.65. The van der Waals surface area contributed by atoms with E-state index in [1.165, 1.54) is 7.11 Å². The van der Waals surface area contributed by atoms with Crippen LogP contribution in [0.4, 0.5) is 0 Å². The number of carboxylic acid groups (broad SMARTS) is 1. The quantitative estimate of drug-likeness (QED) is 0.771. The highest BCUT2D eigenvalue weighted by Gasteiger charge is 2.21. The molecule has 0 fully saturated rings. The van der Waals surface area contributed by atoms with Gasteiger partial charge in [0, 0.05) is 5.69 Å². The smallest absolute Gasteiger partial charge is 0.326 e. The number of nitrogens with zero attached hydrogens (tertiary/aromatic N) is 1. The molecule has 1 heterocycles. The fraction of sp³-hybridized carbons (Fsp3) is 0.357. The van der Waals surface area contributed by atoms with Gasteiger partial charge in [-0.3, -0.25) is 4.79 Å². The molecule has 20 heavy (non-hydrogen) atoms. The topological polar surface area (TPSA) is 88.5 Å². The number of hydrogen-bond acceptors (Lipinski definition) is 4. The van der Waals surface area contributed by atoms with Crippen molar-refractivity contribution in [1.82, 2.24) is 10.3 Å². The largest absolute Gasteiger partial charge is 0.480 e. The van der Waals surface area contributed by atoms with Crippen LogP contribution < -0.4 is 10.1 Å². The molecule has 0 aliphatic carbocycles. The first kappa shape index (κ1) is 15.7. The maximum atomic E-state index is 12.1. The summed E-state index contributed by atoms with van der Waals surface area (Å²) >= 11 is 0. The Labute approximate surface area is 117 Å². The molecule has 1 rings (SSSR count). The Hall–Kier alpha value is -2.37. The van der Waals surface area contributed by atoms with Crippen molar-refractivity contribution in [1.29, 1.82) is 0 Å². The highest BCUT2D eigenvalue weighted by molar-refractivity contribution is 5.98. The fourth-order valence-corrected chi connectivity index (χ4v) is 1.59. The summed E-state index contributed by atoms with van der Waals surface area (Å²) in [6.45, 7) is 3.56. The molecule has 108 valence electrons. The molecule has 1 aromatic heterocycles. The van der Waals surface area contributed by atoms with Crippen molar-refractivity contribution in [3.8, 4) is 5.88 Å². The van der Waals surface area contributed by atoms with Gasteiger partial charge >= 0.3 is 5.97 Å². The van der Waals surface area contributed by atoms with Crippen molar-refractivity contribution >= 4 is 11.9 Å². The number of carbonyl (C=O) groups excluding carboxylic acids is 1. The van der Waals surface area contributed by atoms with Gasteiger partial charge in [-0.25, -0.2) is 9.78 Å². The lowest BCUT2D eigenvalue weighted by Gasteiger charge is -2.14. The molecule has 1 amide bonds. The highest BCUT2D eigenvalue weighted by Crippen LogP contribution is 2.15. The number of aryl methyl sites for hydroxylation is 1. The van der Waals surface area contributed by atoms with Gasteiger partial charge in [-0.1, -0.05) is 12.2 Å². The van der Waals surface area contributed by atoms with Crippen LogP contribution in [0.2, 0.25) is 0 Å². The Bertz CT molecular complexity index is 526. The van der Waals surface area contributed by atoms with Crippen LogP contribution in [0.25, 0.3) is 0 Å². The second-order valence-corrected chi connectivity index (χ2v) is 4.18. The van der Waals surface area contributed by atoms with Crippen molar-refractivity contribution in [2.24, 2.45) is 0 Å². The monoisotopic (exact) mass is 278 g/mol. The molecule has 0 radical (unpaired) electrons. The second-order valence-electron chi connectivity index (χ2n) is 4.18. The number of allylic oxidation sites excluding steroid dienone is 1. The molecule has 0 spiro atoms. The molecule has 0 saturated carbocycles. The van der Waals surface area contributed by atoms with Crippen molar-refractivity contribution in [2.75, 3.05) is 7.11 Å². The number of aliphatic carboxylic acids is 1. The Morgan fingerprint density at radius 1 is 1.50 bits per heavy atom. The first-order valence-electron chi connectivity index (χ1n) is 6.16. The molecule has 1 atom stereocenters. The minimum atomic E-state index is -1.09. The number of hydrogen-bond donors (Lipinski definition) is 2. The van der Waals surface area contributed by atoms with E-state index >= 15 is 0 Å². The SMILES string of the molecule is C/C=C/CC(NC(=O)c1ccc(C)nc1OC)C(=O)O. The van der Waals surface area contributed by atoms with Gasteiger partial charge in [0.05, 0.1) is 7.11 Å². The van der Waals surface area contributed by atoms with E-state index in [0.717, 1.165) is 0 Å². The predicted molar refractivity (Wildman–Crippen MR) is 73.8 cm³/mol. The van der Waals surface area contributed by atoms with Crippen LogP contribution in [0.5, 0.6) is 5.88 Å². The van der Waals surface area contributed by atoms with Crippen LogP contribution in [0.3, 0.4) is 0 Å². The minimum Gasteiger partial charge on any atom is -0.480 e. The molecular weight excluding hydrogens is 260 g/mol. The van der Waals surface area contributed by atoms with Crippen molar-refractivity contribution < 1.29 is 19.4 Å². The van der Waals surface area contributed by atoms with E-state index in [1.54, 1.807) is 38.1 Å². The summed E-state index contributed by atoms with van der Waals surface area (Å²) in [7, 11) is 1.41. The molecule has 1 aromatic rings. The molecular formula is C14H18N2O4. The number of pyridine rings is 1. The molecule has 1 unspecified atom stereocenters. The third kappa shape index (κ3) is 4.08. The number of rotatable bonds is 6. The molecule has 0 saturated heterocycles. The summed E-state index contributed by atoms with van der Waals surface area (Å²) in [5.41, 5.74) is 0.923. The maximum absolute atomic E-state index is 12.1. The zero-order valence-electron chi connectivity index (χ0n) is 11.7. The number of nitrogens with one attached hydrogen (secondary N) is 1. The molecule has 0 aliphatic heterocycles. The Balaban J connectivity index is 2.91. The van der Waals surface area contributed by atoms with Gasteiger partial charge in [-0.15, -0.1) is 0 Å². The van der Waals surface area contributed by atoms with Gasteiger partial charge < -0.3 is 15.2 Å². The van der Waals surface area contributed by atoms with Crippen LogP contribution in [0.1, 0.15) is 29.4 Å². The fourth-order valence-electron chi connectivity index (χ4n) is 1.59. The van der Waals surface area contributed by atoms with Gasteiger partial charge in [0.15, 0.2) is 0 Å². The summed E-state index contributed by atoms with van der Waals surface area (Å²) in [4.78, 5) is 27.3. The van der Waals surface area contributed by atoms with E-state index in [9.17, 15) is 9.59 Å². The number of carbonyl (C=O) groups is 2. The second kappa shape index (κ2) is 7.28. The van der Waals surface area contributed by atoms with Gasteiger partial charge in [-0.05, 0) is 32.4 Å². The first-order chi connectivity index (χ1) is 9.49. The number of carboxylic acids is 1. The summed E-state index contributed by atoms with van der Waals surface area (Å²) in [5.74, 6) is -1.43. The van der Waals surface area contributed by atoms with Crippen LogP contribution in [-0.4, -0.2) is 35.1 Å². The van der Waals surface area contributed by atoms with Crippen LogP contribution >= 0.6 is 0 Å². The van der Waals surface area contributed by atoms with Crippen molar-refractivity contribution in [2.45, 2.75) is 26.3 Å². The molecule has 0 aromatic carbocycles. The summed E-state index contributed by atoms with van der Waals surface area (Å²) < 4.78 is 5.04. The van der Waals surface area contributed by atoms with Gasteiger partial charge in [0.2, 0.25) is 5.88 Å². The van der Waals surface area contributed by atoms with Crippen LogP contribution in [0, 0.1) is 6.92 Å². The zero-order valence-corrected chi connectivity index (χ0v) is 11.7. The maximum Gasteiger partial charge on any atom is 0.326 e. The molecule has 0 aliphatic rings. The van der Waals surface area contributed by atoms with Gasteiger partial charge in [-0.2, -0.15) is 0 Å². The minimum absolute atomic E-state index is 0.178. The van der Waals surface area contributed by atoms with Crippen molar-refractivity contribution in [3.63, 3.8) is 0 Å². The van der Waals surface area contributed by atoms with E-state index in [1.807, 2.05) is 0 Å². The highest BCUT2D eigenvalue weighted by atomic mass is 16.5. The Morgan fingerprint density at radius 2 is 2.20 bits per heavy atom. The Kier molecular flexibility index (Phi) is 5.71. The van der Waals surface area contributed by atoms with Gasteiger partial charge in [0.1, 0.15) is 11.6 Å². The summed E-state index contributed by atoms with van der Waals surface area (Å²) in [6.07, 6.45) is 3.64. The number of aromatic nitrogens is 1. The first-order valence-corrected chi connectivity index (χ1v) is 6.16. The van der Waals surface area contributed by atoms with E-state index in [-0.39, 0.29) is 17.9 Å². The lowest BCUT2D eigenvalue weighted by atomic mass is 10.1. The predicted octanol–water partition coefficient (Wildman–Crippen LogP) is 1.55. The number of ether oxygens (including phenoxy) is 1. The zero-order chi connectivity index (χ0) is 15.1. The number of amides is 1. The van der Waals surface area contributed by atoms with E-state index < -0.39 is 17.9 Å². The Morgan fingerprint density at radius 3 is 2.75 bits per heavy atom. The number of methoxy groups -OCH3 is 1. The lowest BCUT2D eigenvalue weighted by molar-refractivity contribution is -0.139. The summed E-state index contributed by atoms with van der Waals surface area (Å²) in [6, 6.07) is 2.24. The average molecular weight is 278 g/mol. The third-order valence-electron chi connectivity index (χ3n) is 2.65. The van der Waals surface area contributed by atoms with Crippen LogP contribution in [-0.2, 0) is 4.79 Å². The van der Waals surface area contributed by atoms with E-state index in [0.29, 0.717) is 5.69 Å². The summed E-state index contributed by atoms with van der Waals surface area (Å²) in [5, 5.41) is 11.5. The molecule has 6 nitrogen and oxygen atoms in total. The molecule has 2 N–H and O–H groups in total. The van der Waals surface area contributed by atoms with E-state index in [4.69, 9.17) is 9.84 Å². The lowest BCUT2D eigenvalue weighted by Crippen LogP contribution is -2.40. The molecule has 6 heteroatoms. The van der Waals surface area contributed by atoms with Crippen molar-refractivity contribution in [3.05, 3.63) is 35.5 Å². The standard InChI is InChI=1S/C14H18N2O4/c1-4-5-6-11(14(18)19)16-12(17)10-8-7-9(2)15-13(10)20-3/h4-5,7-8,11H,6H2,1-3H3,(H,16,17)(H,18,19)/b5-4+. The van der Waals surface area contributed by atoms with Gasteiger partial charge in [0.25, 0.3) is 5.91 Å². The van der Waals surface area contributed by atoms with E-state index in [2.05, 4.69) is 10.3 Å². The van der Waals surface area contributed by atoms with Crippen LogP contribution in [0.15, 0.2) is 24.3 Å². The average Bonchev–Trinajstić information content (AvgIpc) is 2.42.